The van der Waals surface area contributed by atoms with Crippen molar-refractivity contribution < 1.29 is 19.4 Å². The van der Waals surface area contributed by atoms with Gasteiger partial charge in [0.15, 0.2) is 11.5 Å². The van der Waals surface area contributed by atoms with E-state index in [4.69, 9.17) is 14.6 Å². The van der Waals surface area contributed by atoms with Gasteiger partial charge in [-0.2, -0.15) is 0 Å². The Morgan fingerprint density at radius 2 is 2.16 bits per heavy atom. The van der Waals surface area contributed by atoms with E-state index in [9.17, 15) is 4.79 Å². The molecule has 19 heavy (non-hydrogen) atoms. The molecule has 0 amide bonds. The second-order valence-corrected chi connectivity index (χ2v) is 5.08. The molecule has 1 aromatic carbocycles. The molecule has 0 unspecified atom stereocenters. The lowest BCUT2D eigenvalue weighted by atomic mass is 10.1. The van der Waals surface area contributed by atoms with Crippen LogP contribution in [0.4, 0.5) is 0 Å². The predicted molar refractivity (Wildman–Crippen MR) is 75.8 cm³/mol. The zero-order valence-electron chi connectivity index (χ0n) is 11.2. The van der Waals surface area contributed by atoms with Gasteiger partial charge in [-0.1, -0.05) is 15.9 Å². The lowest BCUT2D eigenvalue weighted by Gasteiger charge is -2.18. The molecule has 0 aliphatic carbocycles. The number of carboxylic acids is 1. The van der Waals surface area contributed by atoms with E-state index in [-0.39, 0.29) is 12.6 Å². The number of rotatable bonds is 7. The average molecular weight is 332 g/mol. The fraction of sp³-hybridized carbons (Fsp3) is 0.462. The van der Waals surface area contributed by atoms with Crippen LogP contribution in [0.1, 0.15) is 19.4 Å². The SMILES string of the molecule is COc1ccc(Br)c(CNCC(=O)O)c1OC(C)C. The van der Waals surface area contributed by atoms with Crippen molar-refractivity contribution in [2.75, 3.05) is 13.7 Å². The molecule has 6 heteroatoms. The highest BCUT2D eigenvalue weighted by Crippen LogP contribution is 2.36. The Kier molecular flexibility index (Phi) is 6.11. The summed E-state index contributed by atoms with van der Waals surface area (Å²) in [6.07, 6.45) is 0.00132. The van der Waals surface area contributed by atoms with Crippen LogP contribution in [0.3, 0.4) is 0 Å². The average Bonchev–Trinajstić information content (AvgIpc) is 2.32. The molecule has 0 atom stereocenters. The first-order valence-corrected chi connectivity index (χ1v) is 6.69. The minimum atomic E-state index is -0.898. The zero-order valence-corrected chi connectivity index (χ0v) is 12.8. The number of halogens is 1. The summed E-state index contributed by atoms with van der Waals surface area (Å²) in [7, 11) is 1.57. The van der Waals surface area contributed by atoms with E-state index in [1.807, 2.05) is 26.0 Å². The Bertz CT molecular complexity index is 449. The topological polar surface area (TPSA) is 67.8 Å². The summed E-state index contributed by atoms with van der Waals surface area (Å²) in [6, 6.07) is 3.66. The van der Waals surface area contributed by atoms with Gasteiger partial charge >= 0.3 is 5.97 Å². The number of hydrogen-bond acceptors (Lipinski definition) is 4. The molecule has 0 saturated carbocycles. The van der Waals surface area contributed by atoms with E-state index in [2.05, 4.69) is 21.2 Å². The van der Waals surface area contributed by atoms with Crippen LogP contribution >= 0.6 is 15.9 Å². The Labute approximate surface area is 121 Å². The second kappa shape index (κ2) is 7.35. The maximum Gasteiger partial charge on any atom is 0.317 e. The lowest BCUT2D eigenvalue weighted by molar-refractivity contribution is -0.136. The van der Waals surface area contributed by atoms with Crippen molar-refractivity contribution in [2.45, 2.75) is 26.5 Å². The maximum atomic E-state index is 10.5. The number of carboxylic acid groups (broad SMARTS) is 1. The quantitative estimate of drug-likeness (QED) is 0.803. The monoisotopic (exact) mass is 331 g/mol. The van der Waals surface area contributed by atoms with Gasteiger partial charge in [0.2, 0.25) is 0 Å². The third kappa shape index (κ3) is 4.72. The first-order valence-electron chi connectivity index (χ1n) is 5.90. The lowest BCUT2D eigenvalue weighted by Crippen LogP contribution is -2.23. The van der Waals surface area contributed by atoms with Crippen molar-refractivity contribution >= 4 is 21.9 Å². The fourth-order valence-corrected chi connectivity index (χ4v) is 2.02. The number of hydrogen-bond donors (Lipinski definition) is 2. The summed E-state index contributed by atoms with van der Waals surface area (Å²) in [6.45, 7) is 4.13. The van der Waals surface area contributed by atoms with E-state index < -0.39 is 5.97 Å². The van der Waals surface area contributed by atoms with E-state index in [0.29, 0.717) is 18.0 Å². The Hall–Kier alpha value is -1.27. The molecule has 0 aliphatic rings. The number of benzene rings is 1. The van der Waals surface area contributed by atoms with Crippen molar-refractivity contribution in [2.24, 2.45) is 0 Å². The van der Waals surface area contributed by atoms with Crippen LogP contribution in [0.5, 0.6) is 11.5 Å². The van der Waals surface area contributed by atoms with E-state index in [1.165, 1.54) is 0 Å². The fourth-order valence-electron chi connectivity index (χ4n) is 1.57. The summed E-state index contributed by atoms with van der Waals surface area (Å²) in [4.78, 5) is 10.5. The molecular weight excluding hydrogens is 314 g/mol. The third-order valence-electron chi connectivity index (χ3n) is 2.32. The molecule has 0 bridgehead atoms. The molecule has 0 aromatic heterocycles. The molecule has 0 radical (unpaired) electrons. The smallest absolute Gasteiger partial charge is 0.317 e. The number of methoxy groups -OCH3 is 1. The van der Waals surface area contributed by atoms with Gasteiger partial charge in [0.1, 0.15) is 0 Å². The summed E-state index contributed by atoms with van der Waals surface area (Å²) in [5, 5.41) is 11.5. The van der Waals surface area contributed by atoms with Gasteiger partial charge in [-0.15, -0.1) is 0 Å². The highest BCUT2D eigenvalue weighted by Gasteiger charge is 2.15. The van der Waals surface area contributed by atoms with Gasteiger partial charge in [-0.3, -0.25) is 4.79 Å². The molecule has 1 aromatic rings. The van der Waals surface area contributed by atoms with E-state index >= 15 is 0 Å². The van der Waals surface area contributed by atoms with Crippen LogP contribution in [0, 0.1) is 0 Å². The summed E-state index contributed by atoms with van der Waals surface area (Å²) >= 11 is 3.44. The molecule has 0 fully saturated rings. The van der Waals surface area contributed by atoms with Gasteiger partial charge in [-0.25, -0.2) is 0 Å². The molecule has 106 valence electrons. The molecule has 1 rings (SSSR count). The van der Waals surface area contributed by atoms with Gasteiger partial charge in [0, 0.05) is 16.6 Å². The van der Waals surface area contributed by atoms with E-state index in [0.717, 1.165) is 10.0 Å². The van der Waals surface area contributed by atoms with Gasteiger partial charge in [-0.05, 0) is 26.0 Å². The van der Waals surface area contributed by atoms with Crippen molar-refractivity contribution in [1.29, 1.82) is 0 Å². The Morgan fingerprint density at radius 3 is 2.68 bits per heavy atom. The van der Waals surface area contributed by atoms with Crippen LogP contribution in [0.25, 0.3) is 0 Å². The number of ether oxygens (including phenoxy) is 2. The van der Waals surface area contributed by atoms with Crippen LogP contribution in [-0.2, 0) is 11.3 Å². The van der Waals surface area contributed by atoms with E-state index in [1.54, 1.807) is 7.11 Å². The molecule has 0 heterocycles. The molecule has 5 nitrogen and oxygen atoms in total. The minimum absolute atomic E-state index is 0.00132. The number of carbonyl (C=O) groups is 1. The third-order valence-corrected chi connectivity index (χ3v) is 3.06. The molecule has 0 saturated heterocycles. The highest BCUT2D eigenvalue weighted by molar-refractivity contribution is 9.10. The summed E-state index contributed by atoms with van der Waals surface area (Å²) in [5.41, 5.74) is 0.842. The first kappa shape index (κ1) is 15.8. The summed E-state index contributed by atoms with van der Waals surface area (Å²) < 4.78 is 11.9. The van der Waals surface area contributed by atoms with Crippen LogP contribution in [0.2, 0.25) is 0 Å². The molecular formula is C13H18BrNO4. The molecule has 0 aliphatic heterocycles. The van der Waals surface area contributed by atoms with Crippen LogP contribution in [0.15, 0.2) is 16.6 Å². The molecule has 2 N–H and O–H groups in total. The van der Waals surface area contributed by atoms with Crippen LogP contribution in [-0.4, -0.2) is 30.8 Å². The van der Waals surface area contributed by atoms with Gasteiger partial charge < -0.3 is 19.9 Å². The number of nitrogens with one attached hydrogen (secondary N) is 1. The predicted octanol–water partition coefficient (Wildman–Crippen LogP) is 2.42. The molecule has 0 spiro atoms. The van der Waals surface area contributed by atoms with Gasteiger partial charge in [0.25, 0.3) is 0 Å². The van der Waals surface area contributed by atoms with Crippen LogP contribution < -0.4 is 14.8 Å². The maximum absolute atomic E-state index is 10.5. The highest BCUT2D eigenvalue weighted by atomic mass is 79.9. The van der Waals surface area contributed by atoms with Gasteiger partial charge in [0.05, 0.1) is 19.8 Å². The summed E-state index contributed by atoms with van der Waals surface area (Å²) in [5.74, 6) is 0.360. The first-order chi connectivity index (χ1) is 8.95. The van der Waals surface area contributed by atoms with Crippen molar-refractivity contribution in [1.82, 2.24) is 5.32 Å². The van der Waals surface area contributed by atoms with Crippen molar-refractivity contribution in [3.8, 4) is 11.5 Å². The Morgan fingerprint density at radius 1 is 1.47 bits per heavy atom. The standard InChI is InChI=1S/C13H18BrNO4/c1-8(2)19-13-9(6-15-7-12(16)17)10(14)4-5-11(13)18-3/h4-5,8,15H,6-7H2,1-3H3,(H,16,17). The second-order valence-electron chi connectivity index (χ2n) is 4.22. The number of aliphatic carboxylic acids is 1. The largest absolute Gasteiger partial charge is 0.493 e. The van der Waals surface area contributed by atoms with Crippen molar-refractivity contribution in [3.05, 3.63) is 22.2 Å². The normalized spacial score (nSPS) is 10.6. The minimum Gasteiger partial charge on any atom is -0.493 e. The zero-order chi connectivity index (χ0) is 14.4. The van der Waals surface area contributed by atoms with Crippen molar-refractivity contribution in [3.63, 3.8) is 0 Å². The Balaban J connectivity index is 3.00.